The molecule has 1 saturated carbocycles. The third kappa shape index (κ3) is 3.81. The number of aryl methyl sites for hydroxylation is 1. The molecule has 0 aromatic carbocycles. The van der Waals surface area contributed by atoms with Gasteiger partial charge in [0.25, 0.3) is 0 Å². The minimum atomic E-state index is -4.55. The van der Waals surface area contributed by atoms with Crippen molar-refractivity contribution in [3.63, 3.8) is 0 Å². The maximum absolute atomic E-state index is 13.7. The smallest absolute Gasteiger partial charge is 0.417 e. The van der Waals surface area contributed by atoms with E-state index in [1.807, 2.05) is 0 Å². The second kappa shape index (κ2) is 7.43. The van der Waals surface area contributed by atoms with Crippen molar-refractivity contribution in [3.8, 4) is 11.5 Å². The quantitative estimate of drug-likeness (QED) is 0.494. The number of nitrogens with one attached hydrogen (secondary N) is 1. The lowest BCUT2D eigenvalue weighted by atomic mass is 10.1. The Balaban J connectivity index is 1.45. The first kappa shape index (κ1) is 20.2. The lowest BCUT2D eigenvalue weighted by Crippen LogP contribution is -2.21. The number of halogens is 3. The van der Waals surface area contributed by atoms with Crippen molar-refractivity contribution in [1.29, 1.82) is 0 Å². The molecule has 11 heteroatoms. The highest BCUT2D eigenvalue weighted by atomic mass is 19.4. The Bertz CT molecular complexity index is 1310. The van der Waals surface area contributed by atoms with Crippen molar-refractivity contribution < 1.29 is 22.4 Å². The number of rotatable bonds is 5. The fourth-order valence-corrected chi connectivity index (χ4v) is 3.58. The fraction of sp³-hybridized carbons (Fsp3) is 0.286. The van der Waals surface area contributed by atoms with Crippen LogP contribution in [0.3, 0.4) is 0 Å². The zero-order chi connectivity index (χ0) is 22.5. The van der Waals surface area contributed by atoms with Gasteiger partial charge in [-0.25, -0.2) is 19.6 Å². The number of nitrogens with zero attached hydrogens (tertiary/aromatic N) is 5. The topological polar surface area (TPSA) is 98.7 Å². The highest BCUT2D eigenvalue weighted by molar-refractivity contribution is 5.90. The molecule has 0 bridgehead atoms. The largest absolute Gasteiger partial charge is 0.463 e. The summed E-state index contributed by atoms with van der Waals surface area (Å²) in [6, 6.07) is 6.15. The minimum Gasteiger partial charge on any atom is -0.463 e. The molecule has 0 unspecified atom stereocenters. The van der Waals surface area contributed by atoms with Gasteiger partial charge in [-0.1, -0.05) is 0 Å². The molecule has 8 nitrogen and oxygen atoms in total. The van der Waals surface area contributed by atoms with Crippen LogP contribution in [0, 0.1) is 6.92 Å². The average Bonchev–Trinajstić information content (AvgIpc) is 3.35. The number of carbonyl (C=O) groups excluding carboxylic acids is 1. The van der Waals surface area contributed by atoms with Crippen LogP contribution in [-0.4, -0.2) is 30.6 Å². The number of alkyl halides is 3. The van der Waals surface area contributed by atoms with Gasteiger partial charge in [0, 0.05) is 17.8 Å². The van der Waals surface area contributed by atoms with Crippen molar-refractivity contribution in [2.75, 3.05) is 5.32 Å². The van der Waals surface area contributed by atoms with E-state index >= 15 is 0 Å². The van der Waals surface area contributed by atoms with Gasteiger partial charge in [0.1, 0.15) is 12.2 Å². The van der Waals surface area contributed by atoms with Crippen LogP contribution >= 0.6 is 0 Å². The van der Waals surface area contributed by atoms with E-state index in [-0.39, 0.29) is 35.1 Å². The summed E-state index contributed by atoms with van der Waals surface area (Å²) in [5.41, 5.74) is 0.279. The molecule has 1 aliphatic carbocycles. The monoisotopic (exact) mass is 442 g/mol. The first-order valence-electron chi connectivity index (χ1n) is 9.91. The molecule has 0 atom stereocenters. The van der Waals surface area contributed by atoms with Gasteiger partial charge in [0.2, 0.25) is 11.9 Å². The minimum absolute atomic E-state index is 0.00993. The van der Waals surface area contributed by atoms with E-state index in [1.54, 1.807) is 18.2 Å². The molecule has 0 radical (unpaired) electrons. The molecule has 1 N–H and O–H groups in total. The molecular weight excluding hydrogens is 425 g/mol. The number of carbonyl (C=O) groups is 1. The lowest BCUT2D eigenvalue weighted by molar-refractivity contribution is -0.136. The Morgan fingerprint density at radius 2 is 2.09 bits per heavy atom. The summed E-state index contributed by atoms with van der Waals surface area (Å²) in [6.45, 7) is 1.14. The molecule has 0 saturated heterocycles. The van der Waals surface area contributed by atoms with Gasteiger partial charge in [0.15, 0.2) is 11.4 Å². The van der Waals surface area contributed by atoms with Crippen molar-refractivity contribution in [3.05, 3.63) is 53.7 Å². The Hall–Kier alpha value is -3.76. The predicted molar refractivity (Wildman–Crippen MR) is 108 cm³/mol. The standard InChI is InChI=1S/C21H17F3N6O2/c1-11-18-13(21(22,23)24)9-15(12-4-5-12)26-19(18)30(29-11)10-17(31)28-20-25-7-6-14(27-20)16-3-2-8-32-16/h2-3,6-9,12H,4-5,10H2,1H3,(H,25,27,28,31). The first-order valence-corrected chi connectivity index (χ1v) is 9.91. The molecule has 32 heavy (non-hydrogen) atoms. The van der Waals surface area contributed by atoms with Gasteiger partial charge in [0.05, 0.1) is 22.9 Å². The van der Waals surface area contributed by atoms with Crippen molar-refractivity contribution in [2.45, 2.75) is 38.4 Å². The number of aromatic nitrogens is 5. The number of anilines is 1. The summed E-state index contributed by atoms with van der Waals surface area (Å²) in [4.78, 5) is 25.3. The Morgan fingerprint density at radius 1 is 1.28 bits per heavy atom. The van der Waals surface area contributed by atoms with Crippen molar-refractivity contribution >= 4 is 22.9 Å². The van der Waals surface area contributed by atoms with Gasteiger partial charge >= 0.3 is 6.18 Å². The molecule has 1 aliphatic rings. The average molecular weight is 442 g/mol. The second-order valence-electron chi connectivity index (χ2n) is 7.60. The van der Waals surface area contributed by atoms with E-state index in [0.717, 1.165) is 18.9 Å². The van der Waals surface area contributed by atoms with Crippen LogP contribution in [0.2, 0.25) is 0 Å². The lowest BCUT2D eigenvalue weighted by Gasteiger charge is -2.11. The number of hydrogen-bond acceptors (Lipinski definition) is 6. The Morgan fingerprint density at radius 3 is 2.78 bits per heavy atom. The molecule has 0 spiro atoms. The molecular formula is C21H17F3N6O2. The van der Waals surface area contributed by atoms with Gasteiger partial charge in [-0.15, -0.1) is 0 Å². The van der Waals surface area contributed by atoms with Gasteiger partial charge in [-0.2, -0.15) is 18.3 Å². The van der Waals surface area contributed by atoms with Crippen LogP contribution in [0.15, 0.2) is 41.1 Å². The summed E-state index contributed by atoms with van der Waals surface area (Å²) >= 11 is 0. The third-order valence-electron chi connectivity index (χ3n) is 5.17. The molecule has 1 amide bonds. The van der Waals surface area contributed by atoms with Gasteiger partial charge in [-0.3, -0.25) is 10.1 Å². The van der Waals surface area contributed by atoms with Crippen LogP contribution in [0.1, 0.15) is 35.7 Å². The van der Waals surface area contributed by atoms with Crippen LogP contribution in [0.25, 0.3) is 22.5 Å². The summed E-state index contributed by atoms with van der Waals surface area (Å²) in [5.74, 6) is 0.0154. The van der Waals surface area contributed by atoms with Crippen LogP contribution in [0.5, 0.6) is 0 Å². The SMILES string of the molecule is Cc1nn(CC(=O)Nc2nccc(-c3ccco3)n2)c2nc(C3CC3)cc(C(F)(F)F)c12. The van der Waals surface area contributed by atoms with Gasteiger partial charge in [-0.05, 0) is 44.0 Å². The molecule has 164 valence electrons. The predicted octanol–water partition coefficient (Wildman–Crippen LogP) is 4.32. The number of pyridine rings is 1. The maximum atomic E-state index is 13.7. The second-order valence-corrected chi connectivity index (χ2v) is 7.60. The normalized spacial score (nSPS) is 14.1. The van der Waals surface area contributed by atoms with E-state index in [0.29, 0.717) is 17.1 Å². The van der Waals surface area contributed by atoms with Crippen molar-refractivity contribution in [1.82, 2.24) is 24.7 Å². The van der Waals surface area contributed by atoms with Crippen LogP contribution in [-0.2, 0) is 17.5 Å². The molecule has 4 aromatic rings. The molecule has 0 aliphatic heterocycles. The zero-order valence-corrected chi connectivity index (χ0v) is 16.8. The summed E-state index contributed by atoms with van der Waals surface area (Å²) in [5, 5.41) is 6.62. The summed E-state index contributed by atoms with van der Waals surface area (Å²) in [7, 11) is 0. The molecule has 1 fully saturated rings. The number of amides is 1. The van der Waals surface area contributed by atoms with Crippen LogP contribution in [0.4, 0.5) is 19.1 Å². The Labute approximate surface area is 179 Å². The Kier molecular flexibility index (Phi) is 4.68. The highest BCUT2D eigenvalue weighted by Gasteiger charge is 2.37. The fourth-order valence-electron chi connectivity index (χ4n) is 3.58. The molecule has 5 rings (SSSR count). The van der Waals surface area contributed by atoms with Gasteiger partial charge < -0.3 is 4.42 Å². The van der Waals surface area contributed by atoms with Crippen LogP contribution < -0.4 is 5.32 Å². The first-order chi connectivity index (χ1) is 15.3. The van der Waals surface area contributed by atoms with E-state index < -0.39 is 17.6 Å². The van der Waals surface area contributed by atoms with E-state index in [9.17, 15) is 18.0 Å². The van der Waals surface area contributed by atoms with E-state index in [4.69, 9.17) is 4.42 Å². The van der Waals surface area contributed by atoms with E-state index in [2.05, 4.69) is 25.4 Å². The van der Waals surface area contributed by atoms with E-state index in [1.165, 1.54) is 24.1 Å². The highest BCUT2D eigenvalue weighted by Crippen LogP contribution is 2.43. The summed E-state index contributed by atoms with van der Waals surface area (Å²) in [6.07, 6.45) is 0.0112. The third-order valence-corrected chi connectivity index (χ3v) is 5.17. The maximum Gasteiger partial charge on any atom is 0.417 e. The number of fused-ring (bicyclic) bond motifs is 1. The molecule has 4 heterocycles. The number of hydrogen-bond donors (Lipinski definition) is 1. The number of furan rings is 1. The molecule has 4 aromatic heterocycles. The zero-order valence-electron chi connectivity index (χ0n) is 16.8. The summed E-state index contributed by atoms with van der Waals surface area (Å²) < 4.78 is 47.6. The van der Waals surface area contributed by atoms with Crippen molar-refractivity contribution in [2.24, 2.45) is 0 Å².